The van der Waals surface area contributed by atoms with Gasteiger partial charge in [-0.2, -0.15) is 5.26 Å². The summed E-state index contributed by atoms with van der Waals surface area (Å²) >= 11 is 0. The van der Waals surface area contributed by atoms with Crippen molar-refractivity contribution in [3.8, 4) is 6.07 Å². The van der Waals surface area contributed by atoms with Gasteiger partial charge in [0.25, 0.3) is 11.8 Å². The van der Waals surface area contributed by atoms with Crippen LogP contribution in [0.2, 0.25) is 0 Å². The van der Waals surface area contributed by atoms with Crippen LogP contribution < -0.4 is 5.32 Å². The third-order valence-electron chi connectivity index (χ3n) is 4.44. The number of barbiturate groups is 1. The van der Waals surface area contributed by atoms with Crippen molar-refractivity contribution in [3.63, 3.8) is 0 Å². The van der Waals surface area contributed by atoms with Gasteiger partial charge in [-0.25, -0.2) is 4.79 Å². The van der Waals surface area contributed by atoms with E-state index in [2.05, 4.69) is 11.4 Å². The first-order chi connectivity index (χ1) is 13.6. The van der Waals surface area contributed by atoms with Crippen LogP contribution in [0.3, 0.4) is 0 Å². The number of nitriles is 1. The van der Waals surface area contributed by atoms with Gasteiger partial charge in [-0.1, -0.05) is 18.2 Å². The summed E-state index contributed by atoms with van der Waals surface area (Å²) in [7, 11) is 0. The number of nitrogens with one attached hydrogen (secondary N) is 1. The summed E-state index contributed by atoms with van der Waals surface area (Å²) < 4.78 is 6.92. The van der Waals surface area contributed by atoms with Crippen molar-refractivity contribution in [2.24, 2.45) is 0 Å². The molecular weight excluding hydrogens is 360 g/mol. The molecule has 4 rings (SSSR count). The molecule has 0 unspecified atom stereocenters. The summed E-state index contributed by atoms with van der Waals surface area (Å²) in [5, 5.41) is 12.0. The Bertz CT molecular complexity index is 1160. The Kier molecular flexibility index (Phi) is 4.26. The molecule has 8 nitrogen and oxygen atoms in total. The van der Waals surface area contributed by atoms with Crippen LogP contribution in [-0.4, -0.2) is 27.3 Å². The van der Waals surface area contributed by atoms with E-state index in [1.54, 1.807) is 22.9 Å². The number of aromatic nitrogens is 1. The number of para-hydroxylation sites is 1. The highest BCUT2D eigenvalue weighted by atomic mass is 16.3. The monoisotopic (exact) mass is 374 g/mol. The third kappa shape index (κ3) is 2.95. The van der Waals surface area contributed by atoms with Gasteiger partial charge in [0.1, 0.15) is 17.9 Å². The number of carbonyl (C=O) groups excluding carboxylic acids is 3. The quantitative estimate of drug-likeness (QED) is 0.557. The van der Waals surface area contributed by atoms with Crippen molar-refractivity contribution >= 4 is 34.8 Å². The van der Waals surface area contributed by atoms with E-state index in [9.17, 15) is 14.4 Å². The van der Waals surface area contributed by atoms with Crippen LogP contribution in [0.25, 0.3) is 17.0 Å². The number of fused-ring (bicyclic) bond motifs is 1. The van der Waals surface area contributed by atoms with Crippen molar-refractivity contribution in [2.75, 3.05) is 0 Å². The smallest absolute Gasteiger partial charge is 0.331 e. The number of benzene rings is 1. The molecule has 138 valence electrons. The largest absolute Gasteiger partial charge is 0.467 e. The van der Waals surface area contributed by atoms with Crippen LogP contribution in [0, 0.1) is 11.3 Å². The molecule has 0 bridgehead atoms. The zero-order valence-electron chi connectivity index (χ0n) is 14.6. The molecule has 0 saturated carbocycles. The first-order valence-electron chi connectivity index (χ1n) is 8.44. The van der Waals surface area contributed by atoms with Crippen LogP contribution in [0.1, 0.15) is 11.3 Å². The Morgan fingerprint density at radius 3 is 2.71 bits per heavy atom. The maximum absolute atomic E-state index is 12.8. The molecule has 2 aromatic heterocycles. The summed E-state index contributed by atoms with van der Waals surface area (Å²) in [5.74, 6) is -1.05. The fourth-order valence-corrected chi connectivity index (χ4v) is 3.15. The number of hydrogen-bond donors (Lipinski definition) is 1. The molecule has 1 aliphatic rings. The molecule has 1 N–H and O–H groups in total. The minimum atomic E-state index is -0.796. The van der Waals surface area contributed by atoms with E-state index in [-0.39, 0.29) is 18.7 Å². The maximum atomic E-state index is 12.8. The van der Waals surface area contributed by atoms with E-state index >= 15 is 0 Å². The van der Waals surface area contributed by atoms with E-state index in [1.807, 2.05) is 24.3 Å². The number of urea groups is 1. The average molecular weight is 374 g/mol. The normalized spacial score (nSPS) is 15.9. The van der Waals surface area contributed by atoms with Gasteiger partial charge in [-0.3, -0.25) is 19.8 Å². The minimum absolute atomic E-state index is 0.0848. The Balaban J connectivity index is 1.75. The van der Waals surface area contributed by atoms with Gasteiger partial charge in [-0.15, -0.1) is 0 Å². The Hall–Kier alpha value is -4.12. The first-order valence-corrected chi connectivity index (χ1v) is 8.44. The molecule has 0 aliphatic carbocycles. The summed E-state index contributed by atoms with van der Waals surface area (Å²) in [4.78, 5) is 38.1. The summed E-state index contributed by atoms with van der Waals surface area (Å²) in [6.07, 6.45) is 4.58. The molecule has 1 aliphatic heterocycles. The van der Waals surface area contributed by atoms with Crippen LogP contribution in [0.4, 0.5) is 4.79 Å². The van der Waals surface area contributed by atoms with Gasteiger partial charge in [0, 0.05) is 22.7 Å². The van der Waals surface area contributed by atoms with Gasteiger partial charge >= 0.3 is 6.03 Å². The SMILES string of the molecule is N#CCn1cc(C=C2C(=O)NC(=O)N(Cc3ccco3)C2=O)c2ccccc21. The van der Waals surface area contributed by atoms with E-state index in [1.165, 1.54) is 12.3 Å². The minimum Gasteiger partial charge on any atom is -0.467 e. The zero-order chi connectivity index (χ0) is 19.7. The highest BCUT2D eigenvalue weighted by Gasteiger charge is 2.36. The van der Waals surface area contributed by atoms with Crippen LogP contribution in [0.15, 0.2) is 58.8 Å². The van der Waals surface area contributed by atoms with Gasteiger partial charge in [0.15, 0.2) is 0 Å². The number of rotatable bonds is 4. The maximum Gasteiger partial charge on any atom is 0.331 e. The van der Waals surface area contributed by atoms with E-state index in [4.69, 9.17) is 9.68 Å². The second-order valence-electron chi connectivity index (χ2n) is 6.18. The van der Waals surface area contributed by atoms with Crippen molar-refractivity contribution in [1.82, 2.24) is 14.8 Å². The number of amides is 4. The highest BCUT2D eigenvalue weighted by molar-refractivity contribution is 6.31. The van der Waals surface area contributed by atoms with Crippen LogP contribution >= 0.6 is 0 Å². The molecule has 4 amide bonds. The molecule has 1 saturated heterocycles. The number of imide groups is 2. The van der Waals surface area contributed by atoms with Crippen molar-refractivity contribution in [2.45, 2.75) is 13.1 Å². The number of furan rings is 1. The lowest BCUT2D eigenvalue weighted by molar-refractivity contribution is -0.130. The number of hydrogen-bond acceptors (Lipinski definition) is 5. The third-order valence-corrected chi connectivity index (χ3v) is 4.44. The standard InChI is InChI=1S/C20H14N4O4/c21-7-8-23-11-13(15-5-1-2-6-17(15)23)10-16-18(25)22-20(27)24(19(16)26)12-14-4-3-9-28-14/h1-6,9-11H,8,12H2,(H,22,25,27). The van der Waals surface area contributed by atoms with E-state index in [0.717, 1.165) is 15.8 Å². The molecule has 3 aromatic rings. The Morgan fingerprint density at radius 1 is 1.14 bits per heavy atom. The number of carbonyl (C=O) groups is 3. The predicted molar refractivity (Wildman–Crippen MR) is 98.3 cm³/mol. The molecule has 0 atom stereocenters. The second-order valence-corrected chi connectivity index (χ2v) is 6.18. The van der Waals surface area contributed by atoms with E-state index in [0.29, 0.717) is 11.3 Å². The summed E-state index contributed by atoms with van der Waals surface area (Å²) in [6.45, 7) is 0.0470. The molecular formula is C20H14N4O4. The van der Waals surface area contributed by atoms with Crippen LogP contribution in [0.5, 0.6) is 0 Å². The Labute approximate surface area is 159 Å². The average Bonchev–Trinajstić information content (AvgIpc) is 3.31. The van der Waals surface area contributed by atoms with Gasteiger partial charge in [0.2, 0.25) is 0 Å². The molecule has 0 spiro atoms. The van der Waals surface area contributed by atoms with Crippen LogP contribution in [-0.2, 0) is 22.7 Å². The number of nitrogens with zero attached hydrogens (tertiary/aromatic N) is 3. The lowest BCUT2D eigenvalue weighted by atomic mass is 10.1. The van der Waals surface area contributed by atoms with E-state index < -0.39 is 17.8 Å². The molecule has 3 heterocycles. The fourth-order valence-electron chi connectivity index (χ4n) is 3.15. The molecule has 8 heteroatoms. The zero-order valence-corrected chi connectivity index (χ0v) is 14.6. The molecule has 0 radical (unpaired) electrons. The fraction of sp³-hybridized carbons (Fsp3) is 0.100. The lowest BCUT2D eigenvalue weighted by Crippen LogP contribution is -2.53. The van der Waals surface area contributed by atoms with Gasteiger partial charge in [-0.05, 0) is 24.3 Å². The summed E-state index contributed by atoms with van der Waals surface area (Å²) in [5.41, 5.74) is 1.26. The lowest BCUT2D eigenvalue weighted by Gasteiger charge is -2.25. The second kappa shape index (κ2) is 6.89. The molecule has 1 aromatic carbocycles. The summed E-state index contributed by atoms with van der Waals surface area (Å²) in [6, 6.07) is 11.9. The first kappa shape index (κ1) is 17.3. The van der Waals surface area contributed by atoms with Crippen molar-refractivity contribution < 1.29 is 18.8 Å². The highest BCUT2D eigenvalue weighted by Crippen LogP contribution is 2.25. The topological polar surface area (TPSA) is 108 Å². The molecule has 1 fully saturated rings. The predicted octanol–water partition coefficient (Wildman–Crippen LogP) is 2.42. The Morgan fingerprint density at radius 2 is 1.96 bits per heavy atom. The molecule has 28 heavy (non-hydrogen) atoms. The van der Waals surface area contributed by atoms with Crippen molar-refractivity contribution in [3.05, 3.63) is 65.8 Å². The van der Waals surface area contributed by atoms with Gasteiger partial charge < -0.3 is 8.98 Å². The van der Waals surface area contributed by atoms with Crippen molar-refractivity contribution in [1.29, 1.82) is 5.26 Å². The van der Waals surface area contributed by atoms with Gasteiger partial charge in [0.05, 0.1) is 18.9 Å².